The van der Waals surface area contributed by atoms with E-state index in [1.54, 1.807) is 11.8 Å². The number of thioether (sulfide) groups is 1. The first-order chi connectivity index (χ1) is 9.48. The second-order valence-corrected chi connectivity index (χ2v) is 6.63. The molecule has 0 aromatic heterocycles. The summed E-state index contributed by atoms with van der Waals surface area (Å²) in [5.41, 5.74) is 1.93. The van der Waals surface area contributed by atoms with Crippen molar-refractivity contribution in [2.45, 2.75) is 25.3 Å². The molecule has 2 heterocycles. The maximum atomic E-state index is 12.1. The predicted molar refractivity (Wildman–Crippen MR) is 81.0 cm³/mol. The van der Waals surface area contributed by atoms with Crippen LogP contribution in [0, 0.1) is 0 Å². The van der Waals surface area contributed by atoms with Crippen LogP contribution < -0.4 is 16.0 Å². The zero-order chi connectivity index (χ0) is 14.3. The molecule has 20 heavy (non-hydrogen) atoms. The van der Waals surface area contributed by atoms with E-state index in [-0.39, 0.29) is 17.9 Å². The first-order valence-corrected chi connectivity index (χ1v) is 7.72. The Morgan fingerprint density at radius 1 is 1.45 bits per heavy atom. The van der Waals surface area contributed by atoms with E-state index in [9.17, 15) is 9.59 Å². The molecule has 1 unspecified atom stereocenters. The Kier molecular flexibility index (Phi) is 3.22. The van der Waals surface area contributed by atoms with Gasteiger partial charge in [0.2, 0.25) is 11.8 Å². The van der Waals surface area contributed by atoms with Crippen molar-refractivity contribution in [2.75, 3.05) is 22.3 Å². The molecule has 1 fully saturated rings. The minimum Gasteiger partial charge on any atom is -0.325 e. The second kappa shape index (κ2) is 4.79. The van der Waals surface area contributed by atoms with E-state index in [2.05, 4.69) is 16.0 Å². The molecule has 1 aromatic carbocycles. The van der Waals surface area contributed by atoms with Gasteiger partial charge in [-0.15, -0.1) is 11.8 Å². The summed E-state index contributed by atoms with van der Waals surface area (Å²) in [6.45, 7) is 3.77. The molecule has 0 spiro atoms. The summed E-state index contributed by atoms with van der Waals surface area (Å²) >= 11 is 1.71. The quantitative estimate of drug-likeness (QED) is 0.772. The van der Waals surface area contributed by atoms with Gasteiger partial charge in [0, 0.05) is 23.0 Å². The SMILES string of the molecule is CC1(C)C(=O)Nc2ccc(NC(=O)C3CSCN3)cc21. The second-order valence-electron chi connectivity index (χ2n) is 5.60. The van der Waals surface area contributed by atoms with Crippen LogP contribution >= 0.6 is 11.8 Å². The first kappa shape index (κ1) is 13.5. The third kappa shape index (κ3) is 2.19. The molecule has 1 aromatic rings. The normalized spacial score (nSPS) is 23.3. The minimum atomic E-state index is -0.558. The van der Waals surface area contributed by atoms with Crippen LogP contribution in [0.25, 0.3) is 0 Å². The molecule has 2 aliphatic rings. The number of carbonyl (C=O) groups excluding carboxylic acids is 2. The fourth-order valence-corrected chi connectivity index (χ4v) is 3.38. The van der Waals surface area contributed by atoms with Crippen LogP contribution in [0.1, 0.15) is 19.4 Å². The minimum absolute atomic E-state index is 0.00941. The van der Waals surface area contributed by atoms with Crippen molar-refractivity contribution in [3.8, 4) is 0 Å². The fourth-order valence-electron chi connectivity index (χ4n) is 2.44. The number of benzene rings is 1. The van der Waals surface area contributed by atoms with Crippen molar-refractivity contribution in [3.05, 3.63) is 23.8 Å². The largest absolute Gasteiger partial charge is 0.325 e. The van der Waals surface area contributed by atoms with Crippen molar-refractivity contribution >= 4 is 35.0 Å². The molecule has 2 aliphatic heterocycles. The monoisotopic (exact) mass is 291 g/mol. The molecular weight excluding hydrogens is 274 g/mol. The number of hydrogen-bond donors (Lipinski definition) is 3. The van der Waals surface area contributed by atoms with Gasteiger partial charge >= 0.3 is 0 Å². The van der Waals surface area contributed by atoms with Gasteiger partial charge in [-0.05, 0) is 37.6 Å². The highest BCUT2D eigenvalue weighted by atomic mass is 32.2. The zero-order valence-electron chi connectivity index (χ0n) is 11.4. The molecule has 0 aliphatic carbocycles. The summed E-state index contributed by atoms with van der Waals surface area (Å²) in [5.74, 6) is 1.57. The molecule has 1 saturated heterocycles. The summed E-state index contributed by atoms with van der Waals surface area (Å²) in [6.07, 6.45) is 0. The Balaban J connectivity index is 1.81. The van der Waals surface area contributed by atoms with Gasteiger partial charge in [-0.1, -0.05) is 0 Å². The van der Waals surface area contributed by atoms with Crippen LogP contribution in [0.2, 0.25) is 0 Å². The lowest BCUT2D eigenvalue weighted by Gasteiger charge is -2.16. The van der Waals surface area contributed by atoms with Gasteiger partial charge in [0.1, 0.15) is 0 Å². The van der Waals surface area contributed by atoms with Crippen LogP contribution in [0.15, 0.2) is 18.2 Å². The lowest BCUT2D eigenvalue weighted by atomic mass is 9.86. The molecule has 6 heteroatoms. The number of amides is 2. The van der Waals surface area contributed by atoms with Gasteiger partial charge in [0.05, 0.1) is 11.5 Å². The van der Waals surface area contributed by atoms with Crippen molar-refractivity contribution in [2.24, 2.45) is 0 Å². The standard InChI is InChI=1S/C14H17N3O2S/c1-14(2)9-5-8(3-4-10(9)17-13(14)19)16-12(18)11-6-20-7-15-11/h3-5,11,15H,6-7H2,1-2H3,(H,16,18)(H,17,19). The van der Waals surface area contributed by atoms with Gasteiger partial charge in [-0.2, -0.15) is 0 Å². The van der Waals surface area contributed by atoms with Crippen molar-refractivity contribution < 1.29 is 9.59 Å². The molecule has 3 rings (SSSR count). The van der Waals surface area contributed by atoms with E-state index in [0.717, 1.165) is 28.6 Å². The Labute approximate surface area is 121 Å². The maximum absolute atomic E-state index is 12.1. The number of anilines is 2. The number of fused-ring (bicyclic) bond motifs is 1. The highest BCUT2D eigenvalue weighted by Crippen LogP contribution is 2.38. The molecule has 0 radical (unpaired) electrons. The van der Waals surface area contributed by atoms with Crippen molar-refractivity contribution in [1.82, 2.24) is 5.32 Å². The van der Waals surface area contributed by atoms with Gasteiger partial charge in [0.15, 0.2) is 0 Å². The third-order valence-corrected chi connectivity index (χ3v) is 4.75. The number of carbonyl (C=O) groups is 2. The van der Waals surface area contributed by atoms with E-state index >= 15 is 0 Å². The van der Waals surface area contributed by atoms with Gasteiger partial charge in [-0.3, -0.25) is 14.9 Å². The average molecular weight is 291 g/mol. The lowest BCUT2D eigenvalue weighted by Crippen LogP contribution is -2.37. The van der Waals surface area contributed by atoms with E-state index in [0.29, 0.717) is 0 Å². The van der Waals surface area contributed by atoms with Crippen molar-refractivity contribution in [1.29, 1.82) is 0 Å². The average Bonchev–Trinajstić information content (AvgIpc) is 3.00. The number of rotatable bonds is 2. The summed E-state index contributed by atoms with van der Waals surface area (Å²) in [7, 11) is 0. The fraction of sp³-hybridized carbons (Fsp3) is 0.429. The Bertz CT molecular complexity index is 580. The van der Waals surface area contributed by atoms with Crippen LogP contribution in [-0.2, 0) is 15.0 Å². The summed E-state index contributed by atoms with van der Waals surface area (Å²) in [5, 5.41) is 8.91. The first-order valence-electron chi connectivity index (χ1n) is 6.56. The Morgan fingerprint density at radius 3 is 2.95 bits per heavy atom. The molecule has 1 atom stereocenters. The van der Waals surface area contributed by atoms with Crippen LogP contribution in [0.5, 0.6) is 0 Å². The van der Waals surface area contributed by atoms with Gasteiger partial charge in [-0.25, -0.2) is 0 Å². The summed E-state index contributed by atoms with van der Waals surface area (Å²) < 4.78 is 0. The molecule has 0 bridgehead atoms. The molecule has 5 nitrogen and oxygen atoms in total. The highest BCUT2D eigenvalue weighted by molar-refractivity contribution is 7.99. The lowest BCUT2D eigenvalue weighted by molar-refractivity contribution is -0.119. The topological polar surface area (TPSA) is 70.2 Å². The van der Waals surface area contributed by atoms with Crippen LogP contribution in [0.4, 0.5) is 11.4 Å². The molecule has 3 N–H and O–H groups in total. The Hall–Kier alpha value is -1.53. The Morgan fingerprint density at radius 2 is 2.25 bits per heavy atom. The van der Waals surface area contributed by atoms with E-state index in [1.165, 1.54) is 0 Å². The van der Waals surface area contributed by atoms with Gasteiger partial charge in [0.25, 0.3) is 0 Å². The van der Waals surface area contributed by atoms with E-state index in [4.69, 9.17) is 0 Å². The van der Waals surface area contributed by atoms with Crippen LogP contribution in [-0.4, -0.2) is 29.5 Å². The predicted octanol–water partition coefficient (Wildman–Crippen LogP) is 1.52. The molecule has 106 valence electrons. The third-order valence-electron chi connectivity index (χ3n) is 3.81. The van der Waals surface area contributed by atoms with Gasteiger partial charge < -0.3 is 10.6 Å². The van der Waals surface area contributed by atoms with E-state index < -0.39 is 5.41 Å². The smallest absolute Gasteiger partial charge is 0.242 e. The number of hydrogen-bond acceptors (Lipinski definition) is 4. The van der Waals surface area contributed by atoms with E-state index in [1.807, 2.05) is 32.0 Å². The summed E-state index contributed by atoms with van der Waals surface area (Å²) in [4.78, 5) is 24.0. The van der Waals surface area contributed by atoms with Crippen LogP contribution in [0.3, 0.4) is 0 Å². The molecule has 2 amide bonds. The zero-order valence-corrected chi connectivity index (χ0v) is 12.3. The summed E-state index contributed by atoms with van der Waals surface area (Å²) in [6, 6.07) is 5.41. The molecule has 0 saturated carbocycles. The highest BCUT2D eigenvalue weighted by Gasteiger charge is 2.38. The van der Waals surface area contributed by atoms with Crippen molar-refractivity contribution in [3.63, 3.8) is 0 Å². The molecular formula is C14H17N3O2S. The maximum Gasteiger partial charge on any atom is 0.242 e. The number of nitrogens with one attached hydrogen (secondary N) is 3.